The maximum absolute atomic E-state index is 11.2. The predicted molar refractivity (Wildman–Crippen MR) is 73.6 cm³/mol. The molecule has 1 aromatic carbocycles. The molecule has 0 fully saturated rings. The number of thiophene rings is 1. The monoisotopic (exact) mass is 254 g/mol. The highest BCUT2D eigenvalue weighted by molar-refractivity contribution is 7.22. The molecule has 0 bridgehead atoms. The van der Waals surface area contributed by atoms with Crippen LogP contribution in [0.5, 0.6) is 0 Å². The van der Waals surface area contributed by atoms with Crippen LogP contribution in [0.15, 0.2) is 48.7 Å². The summed E-state index contributed by atoms with van der Waals surface area (Å²) in [4.78, 5) is 16.5. The molecule has 2 N–H and O–H groups in total. The number of rotatable bonds is 2. The number of hydrogen-bond donors (Lipinski definition) is 1. The number of amides is 1. The van der Waals surface area contributed by atoms with Crippen LogP contribution in [0.3, 0.4) is 0 Å². The Hall–Kier alpha value is -2.20. The Bertz CT molecular complexity index is 700. The van der Waals surface area contributed by atoms with E-state index in [1.165, 1.54) is 10.1 Å². The van der Waals surface area contributed by atoms with Gasteiger partial charge in [0.15, 0.2) is 0 Å². The standard InChI is InChI=1S/C14H10N2OS/c15-14(17)10-5-6-16-11(7-10)13-8-9-3-1-2-4-12(9)18-13/h1-8H,(H2,15,17). The Morgan fingerprint density at radius 3 is 2.78 bits per heavy atom. The number of carbonyl (C=O) groups is 1. The zero-order valence-electron chi connectivity index (χ0n) is 9.46. The van der Waals surface area contributed by atoms with Gasteiger partial charge in [0.05, 0.1) is 10.6 Å². The maximum Gasteiger partial charge on any atom is 0.248 e. The van der Waals surface area contributed by atoms with Crippen LogP contribution in [0.2, 0.25) is 0 Å². The highest BCUT2D eigenvalue weighted by Crippen LogP contribution is 2.32. The van der Waals surface area contributed by atoms with E-state index < -0.39 is 5.91 Å². The molecule has 0 aliphatic carbocycles. The summed E-state index contributed by atoms with van der Waals surface area (Å²) in [5.74, 6) is -0.431. The fraction of sp³-hybridized carbons (Fsp3) is 0. The second-order valence-corrected chi connectivity index (χ2v) is 5.03. The first-order chi connectivity index (χ1) is 8.74. The van der Waals surface area contributed by atoms with Gasteiger partial charge in [-0.2, -0.15) is 0 Å². The van der Waals surface area contributed by atoms with Crippen molar-refractivity contribution >= 4 is 27.3 Å². The fourth-order valence-corrected chi connectivity index (χ4v) is 2.86. The van der Waals surface area contributed by atoms with Crippen molar-refractivity contribution in [3.63, 3.8) is 0 Å². The number of fused-ring (bicyclic) bond motifs is 1. The van der Waals surface area contributed by atoms with Gasteiger partial charge < -0.3 is 5.73 Å². The highest BCUT2D eigenvalue weighted by atomic mass is 32.1. The Morgan fingerprint density at radius 1 is 1.17 bits per heavy atom. The topological polar surface area (TPSA) is 56.0 Å². The number of nitrogens with zero attached hydrogens (tertiary/aromatic N) is 1. The van der Waals surface area contributed by atoms with Crippen molar-refractivity contribution in [2.24, 2.45) is 5.73 Å². The molecule has 18 heavy (non-hydrogen) atoms. The molecule has 2 aromatic heterocycles. The number of pyridine rings is 1. The van der Waals surface area contributed by atoms with Gasteiger partial charge in [0, 0.05) is 16.5 Å². The molecule has 1 amide bonds. The first-order valence-corrected chi connectivity index (χ1v) is 6.30. The number of hydrogen-bond acceptors (Lipinski definition) is 3. The van der Waals surface area contributed by atoms with Gasteiger partial charge in [-0.05, 0) is 29.7 Å². The summed E-state index contributed by atoms with van der Waals surface area (Å²) in [6.45, 7) is 0. The van der Waals surface area contributed by atoms with Gasteiger partial charge in [-0.1, -0.05) is 18.2 Å². The van der Waals surface area contributed by atoms with Crippen LogP contribution in [0.25, 0.3) is 20.7 Å². The molecule has 2 heterocycles. The van der Waals surface area contributed by atoms with Crippen LogP contribution in [-0.2, 0) is 0 Å². The number of primary amides is 1. The highest BCUT2D eigenvalue weighted by Gasteiger charge is 2.07. The lowest BCUT2D eigenvalue weighted by atomic mass is 10.2. The third-order valence-corrected chi connectivity index (χ3v) is 3.86. The summed E-state index contributed by atoms with van der Waals surface area (Å²) in [5, 5.41) is 1.18. The van der Waals surface area contributed by atoms with Crippen LogP contribution >= 0.6 is 11.3 Å². The quantitative estimate of drug-likeness (QED) is 0.764. The van der Waals surface area contributed by atoms with Gasteiger partial charge in [0.25, 0.3) is 0 Å². The molecule has 0 aliphatic rings. The molecule has 0 radical (unpaired) electrons. The zero-order valence-corrected chi connectivity index (χ0v) is 10.3. The molecular weight excluding hydrogens is 244 g/mol. The Morgan fingerprint density at radius 2 is 2.00 bits per heavy atom. The van der Waals surface area contributed by atoms with E-state index in [0.717, 1.165) is 10.6 Å². The molecule has 88 valence electrons. The van der Waals surface area contributed by atoms with Crippen molar-refractivity contribution in [3.05, 3.63) is 54.2 Å². The number of nitrogens with two attached hydrogens (primary N) is 1. The summed E-state index contributed by atoms with van der Waals surface area (Å²) in [6.07, 6.45) is 1.61. The minimum absolute atomic E-state index is 0.431. The number of benzene rings is 1. The molecule has 0 unspecified atom stereocenters. The van der Waals surface area contributed by atoms with Crippen LogP contribution < -0.4 is 5.73 Å². The normalized spacial score (nSPS) is 10.7. The van der Waals surface area contributed by atoms with Gasteiger partial charge >= 0.3 is 0 Å². The van der Waals surface area contributed by atoms with E-state index in [0.29, 0.717) is 5.56 Å². The zero-order chi connectivity index (χ0) is 12.5. The Balaban J connectivity index is 2.13. The van der Waals surface area contributed by atoms with Gasteiger partial charge in [0.2, 0.25) is 5.91 Å². The SMILES string of the molecule is NC(=O)c1ccnc(-c2cc3ccccc3s2)c1. The number of carbonyl (C=O) groups excluding carboxylic acids is 1. The molecule has 0 saturated carbocycles. The summed E-state index contributed by atoms with van der Waals surface area (Å²) >= 11 is 1.66. The summed E-state index contributed by atoms with van der Waals surface area (Å²) in [6, 6.07) is 13.6. The molecule has 3 aromatic rings. The molecule has 0 saturated heterocycles. The first kappa shape index (κ1) is 10.9. The minimum Gasteiger partial charge on any atom is -0.366 e. The van der Waals surface area contributed by atoms with Crippen molar-refractivity contribution in [2.75, 3.05) is 0 Å². The van der Waals surface area contributed by atoms with Gasteiger partial charge in [-0.25, -0.2) is 0 Å². The Kier molecular flexibility index (Phi) is 2.57. The van der Waals surface area contributed by atoms with E-state index >= 15 is 0 Å². The molecule has 0 atom stereocenters. The van der Waals surface area contributed by atoms with Gasteiger partial charge in [0.1, 0.15) is 0 Å². The molecule has 0 aliphatic heterocycles. The van der Waals surface area contributed by atoms with E-state index in [9.17, 15) is 4.79 Å². The average Bonchev–Trinajstić information content (AvgIpc) is 2.82. The molecular formula is C14H10N2OS. The largest absolute Gasteiger partial charge is 0.366 e. The van der Waals surface area contributed by atoms with E-state index in [-0.39, 0.29) is 0 Å². The van der Waals surface area contributed by atoms with Crippen molar-refractivity contribution in [1.29, 1.82) is 0 Å². The lowest BCUT2D eigenvalue weighted by Gasteiger charge is -1.98. The Labute approximate surface area is 108 Å². The van der Waals surface area contributed by atoms with Crippen molar-refractivity contribution < 1.29 is 4.79 Å². The average molecular weight is 254 g/mol. The third kappa shape index (κ3) is 1.87. The van der Waals surface area contributed by atoms with E-state index in [1.807, 2.05) is 12.1 Å². The van der Waals surface area contributed by atoms with Crippen LogP contribution in [0.1, 0.15) is 10.4 Å². The van der Waals surface area contributed by atoms with E-state index in [2.05, 4.69) is 23.2 Å². The first-order valence-electron chi connectivity index (χ1n) is 5.49. The van der Waals surface area contributed by atoms with Crippen LogP contribution in [0.4, 0.5) is 0 Å². The molecule has 3 rings (SSSR count). The molecule has 3 nitrogen and oxygen atoms in total. The maximum atomic E-state index is 11.2. The van der Waals surface area contributed by atoms with Crippen LogP contribution in [0, 0.1) is 0 Å². The summed E-state index contributed by atoms with van der Waals surface area (Å²) in [5.41, 5.74) is 6.54. The van der Waals surface area contributed by atoms with Crippen molar-refractivity contribution in [3.8, 4) is 10.6 Å². The fourth-order valence-electron chi connectivity index (χ4n) is 1.83. The lowest BCUT2D eigenvalue weighted by molar-refractivity contribution is 0.1000. The lowest BCUT2D eigenvalue weighted by Crippen LogP contribution is -2.10. The number of aromatic nitrogens is 1. The second-order valence-electron chi connectivity index (χ2n) is 3.94. The van der Waals surface area contributed by atoms with Crippen molar-refractivity contribution in [1.82, 2.24) is 4.98 Å². The third-order valence-electron chi connectivity index (χ3n) is 2.72. The van der Waals surface area contributed by atoms with Gasteiger partial charge in [-0.3, -0.25) is 9.78 Å². The van der Waals surface area contributed by atoms with Crippen molar-refractivity contribution in [2.45, 2.75) is 0 Å². The molecule has 4 heteroatoms. The molecule has 0 spiro atoms. The smallest absolute Gasteiger partial charge is 0.248 e. The van der Waals surface area contributed by atoms with E-state index in [4.69, 9.17) is 5.73 Å². The van der Waals surface area contributed by atoms with E-state index in [1.54, 1.807) is 29.7 Å². The summed E-state index contributed by atoms with van der Waals surface area (Å²) in [7, 11) is 0. The van der Waals surface area contributed by atoms with Gasteiger partial charge in [-0.15, -0.1) is 11.3 Å². The van der Waals surface area contributed by atoms with Crippen LogP contribution in [-0.4, -0.2) is 10.9 Å². The predicted octanol–water partition coefficient (Wildman–Crippen LogP) is 3.06. The minimum atomic E-state index is -0.431. The summed E-state index contributed by atoms with van der Waals surface area (Å²) < 4.78 is 1.21. The second kappa shape index (κ2) is 4.23.